The zero-order valence-corrected chi connectivity index (χ0v) is 10.8. The van der Waals surface area contributed by atoms with Gasteiger partial charge in [-0.15, -0.1) is 0 Å². The second kappa shape index (κ2) is 5.67. The molecule has 1 saturated heterocycles. The van der Waals surface area contributed by atoms with Crippen LogP contribution in [0.15, 0.2) is 18.3 Å². The van der Waals surface area contributed by atoms with Crippen molar-refractivity contribution in [3.63, 3.8) is 0 Å². The Bertz CT molecular complexity index is 348. The number of likely N-dealkylation sites (N-methyl/N-ethyl adjacent to an activating group) is 1. The molecule has 1 aromatic heterocycles. The zero-order chi connectivity index (χ0) is 12.3. The molecule has 1 aliphatic rings. The average Bonchev–Trinajstić information content (AvgIpc) is 2.77. The van der Waals surface area contributed by atoms with E-state index in [0.717, 1.165) is 32.8 Å². The normalized spacial score (nSPS) is 23.8. The van der Waals surface area contributed by atoms with Crippen LogP contribution >= 0.6 is 0 Å². The molecule has 0 aliphatic carbocycles. The minimum Gasteiger partial charge on any atom is -0.374 e. The van der Waals surface area contributed by atoms with Crippen molar-refractivity contribution >= 4 is 0 Å². The molecule has 96 valence electrons. The third-order valence-electron chi connectivity index (χ3n) is 3.40. The Morgan fingerprint density at radius 1 is 1.59 bits per heavy atom. The van der Waals surface area contributed by atoms with Crippen LogP contribution in [0.2, 0.25) is 0 Å². The first kappa shape index (κ1) is 12.6. The number of aromatic nitrogens is 1. The van der Waals surface area contributed by atoms with Gasteiger partial charge in [0.15, 0.2) is 0 Å². The Balaban J connectivity index is 1.98. The highest BCUT2D eigenvalue weighted by Gasteiger charge is 2.20. The molecule has 0 spiro atoms. The van der Waals surface area contributed by atoms with Gasteiger partial charge in [0.25, 0.3) is 0 Å². The molecule has 1 fully saturated rings. The van der Waals surface area contributed by atoms with Gasteiger partial charge in [-0.3, -0.25) is 4.90 Å². The summed E-state index contributed by atoms with van der Waals surface area (Å²) in [5.74, 6) is 0. The molecule has 2 unspecified atom stereocenters. The fourth-order valence-electron chi connectivity index (χ4n) is 2.40. The largest absolute Gasteiger partial charge is 0.374 e. The summed E-state index contributed by atoms with van der Waals surface area (Å²) in [4.78, 5) is 2.43. The fourth-order valence-corrected chi connectivity index (χ4v) is 2.40. The van der Waals surface area contributed by atoms with Gasteiger partial charge in [0.05, 0.1) is 12.7 Å². The van der Waals surface area contributed by atoms with Crippen LogP contribution in [0.4, 0.5) is 0 Å². The van der Waals surface area contributed by atoms with Crippen molar-refractivity contribution in [2.75, 3.05) is 26.2 Å². The first-order valence-electron chi connectivity index (χ1n) is 6.45. The van der Waals surface area contributed by atoms with Gasteiger partial charge in [0.2, 0.25) is 0 Å². The van der Waals surface area contributed by atoms with Gasteiger partial charge in [-0.05, 0) is 25.6 Å². The highest BCUT2D eigenvalue weighted by molar-refractivity contribution is 5.10. The van der Waals surface area contributed by atoms with Gasteiger partial charge in [-0.2, -0.15) is 0 Å². The number of nitrogens with zero attached hydrogens (tertiary/aromatic N) is 2. The van der Waals surface area contributed by atoms with Gasteiger partial charge in [-0.25, -0.2) is 0 Å². The lowest BCUT2D eigenvalue weighted by Gasteiger charge is -2.32. The number of rotatable bonds is 4. The SMILES string of the molecule is CCN1CCOC(Cn2cccc2C(C)N)C1. The molecule has 0 amide bonds. The topological polar surface area (TPSA) is 43.4 Å². The fraction of sp³-hybridized carbons (Fsp3) is 0.692. The quantitative estimate of drug-likeness (QED) is 0.856. The summed E-state index contributed by atoms with van der Waals surface area (Å²) in [7, 11) is 0. The van der Waals surface area contributed by atoms with Crippen molar-refractivity contribution in [2.24, 2.45) is 5.73 Å². The molecule has 2 rings (SSSR count). The van der Waals surface area contributed by atoms with Gasteiger partial charge in [0, 0.05) is 37.6 Å². The number of hydrogen-bond acceptors (Lipinski definition) is 3. The maximum Gasteiger partial charge on any atom is 0.0881 e. The summed E-state index contributed by atoms with van der Waals surface area (Å²) >= 11 is 0. The maximum absolute atomic E-state index is 5.95. The molecule has 2 N–H and O–H groups in total. The monoisotopic (exact) mass is 237 g/mol. The van der Waals surface area contributed by atoms with Crippen LogP contribution < -0.4 is 5.73 Å². The Kier molecular flexibility index (Phi) is 4.20. The standard InChI is InChI=1S/C13H23N3O/c1-3-15-7-8-17-12(9-15)10-16-6-4-5-13(16)11(2)14/h4-6,11-12H,3,7-10,14H2,1-2H3. The Morgan fingerprint density at radius 3 is 3.12 bits per heavy atom. The van der Waals surface area contributed by atoms with Crippen molar-refractivity contribution in [1.82, 2.24) is 9.47 Å². The molecule has 1 aromatic rings. The van der Waals surface area contributed by atoms with Crippen LogP contribution in [0.1, 0.15) is 25.6 Å². The second-order valence-electron chi connectivity index (χ2n) is 4.76. The molecule has 2 atom stereocenters. The van der Waals surface area contributed by atoms with Crippen LogP contribution in [-0.2, 0) is 11.3 Å². The highest BCUT2D eigenvalue weighted by atomic mass is 16.5. The summed E-state index contributed by atoms with van der Waals surface area (Å²) in [5, 5.41) is 0. The van der Waals surface area contributed by atoms with E-state index in [9.17, 15) is 0 Å². The Hall–Kier alpha value is -0.840. The summed E-state index contributed by atoms with van der Waals surface area (Å²) in [6.07, 6.45) is 2.38. The van der Waals surface area contributed by atoms with Gasteiger partial charge in [-0.1, -0.05) is 6.92 Å². The van der Waals surface area contributed by atoms with Gasteiger partial charge in [0.1, 0.15) is 0 Å². The van der Waals surface area contributed by atoms with Crippen LogP contribution in [-0.4, -0.2) is 41.8 Å². The highest BCUT2D eigenvalue weighted by Crippen LogP contribution is 2.14. The van der Waals surface area contributed by atoms with Crippen LogP contribution in [0.5, 0.6) is 0 Å². The number of hydrogen-bond donors (Lipinski definition) is 1. The lowest BCUT2D eigenvalue weighted by Crippen LogP contribution is -2.44. The van der Waals surface area contributed by atoms with Crippen LogP contribution in [0.3, 0.4) is 0 Å². The average molecular weight is 237 g/mol. The van der Waals surface area contributed by atoms with Gasteiger partial charge < -0.3 is 15.0 Å². The smallest absolute Gasteiger partial charge is 0.0881 e. The van der Waals surface area contributed by atoms with E-state index in [-0.39, 0.29) is 12.1 Å². The summed E-state index contributed by atoms with van der Waals surface area (Å²) in [6, 6.07) is 4.22. The third kappa shape index (κ3) is 3.09. The molecular weight excluding hydrogens is 214 g/mol. The van der Waals surface area contributed by atoms with E-state index < -0.39 is 0 Å². The van der Waals surface area contributed by atoms with E-state index in [4.69, 9.17) is 10.5 Å². The number of ether oxygens (including phenoxy) is 1. The third-order valence-corrected chi connectivity index (χ3v) is 3.40. The predicted molar refractivity (Wildman–Crippen MR) is 68.9 cm³/mol. The Labute approximate surface area is 103 Å². The van der Waals surface area contributed by atoms with Crippen molar-refractivity contribution in [3.8, 4) is 0 Å². The minimum absolute atomic E-state index is 0.0795. The zero-order valence-electron chi connectivity index (χ0n) is 10.8. The van der Waals surface area contributed by atoms with E-state index in [1.54, 1.807) is 0 Å². The molecule has 0 bridgehead atoms. The molecule has 4 heteroatoms. The van der Waals surface area contributed by atoms with Crippen LogP contribution in [0.25, 0.3) is 0 Å². The van der Waals surface area contributed by atoms with E-state index >= 15 is 0 Å². The molecule has 1 aliphatic heterocycles. The van der Waals surface area contributed by atoms with Crippen molar-refractivity contribution in [2.45, 2.75) is 32.5 Å². The number of morpholine rings is 1. The van der Waals surface area contributed by atoms with E-state index in [1.807, 2.05) is 6.92 Å². The first-order valence-corrected chi connectivity index (χ1v) is 6.45. The molecule has 17 heavy (non-hydrogen) atoms. The summed E-state index contributed by atoms with van der Waals surface area (Å²) in [5.41, 5.74) is 7.13. The lowest BCUT2D eigenvalue weighted by atomic mass is 10.2. The van der Waals surface area contributed by atoms with Crippen molar-refractivity contribution < 1.29 is 4.74 Å². The maximum atomic E-state index is 5.95. The lowest BCUT2D eigenvalue weighted by molar-refractivity contribution is -0.0346. The van der Waals surface area contributed by atoms with Crippen LogP contribution in [0, 0.1) is 0 Å². The van der Waals surface area contributed by atoms with Crippen molar-refractivity contribution in [1.29, 1.82) is 0 Å². The van der Waals surface area contributed by atoms with Crippen molar-refractivity contribution in [3.05, 3.63) is 24.0 Å². The number of nitrogens with two attached hydrogens (primary N) is 1. The van der Waals surface area contributed by atoms with Gasteiger partial charge >= 0.3 is 0 Å². The summed E-state index contributed by atoms with van der Waals surface area (Å²) < 4.78 is 8.03. The molecule has 2 heterocycles. The molecule has 0 aromatic carbocycles. The minimum atomic E-state index is 0.0795. The molecule has 4 nitrogen and oxygen atoms in total. The molecule has 0 saturated carbocycles. The molecule has 0 radical (unpaired) electrons. The predicted octanol–water partition coefficient (Wildman–Crippen LogP) is 1.23. The first-order chi connectivity index (χ1) is 8.20. The van der Waals surface area contributed by atoms with E-state index in [1.165, 1.54) is 5.69 Å². The Morgan fingerprint density at radius 2 is 2.41 bits per heavy atom. The molecular formula is C13H23N3O. The second-order valence-corrected chi connectivity index (χ2v) is 4.76. The van der Waals surface area contributed by atoms with E-state index in [2.05, 4.69) is 34.7 Å². The summed E-state index contributed by atoms with van der Waals surface area (Å²) in [6.45, 7) is 9.14. The van der Waals surface area contributed by atoms with E-state index in [0.29, 0.717) is 0 Å².